The molecule has 19 heavy (non-hydrogen) atoms. The van der Waals surface area contributed by atoms with Gasteiger partial charge in [-0.3, -0.25) is 9.79 Å². The first kappa shape index (κ1) is 17.6. The quantitative estimate of drug-likeness (QED) is 0.372. The lowest BCUT2D eigenvalue weighted by molar-refractivity contribution is -0.115. The zero-order chi connectivity index (χ0) is 14.8. The predicted molar refractivity (Wildman–Crippen MR) is 84.8 cm³/mol. The molecule has 0 atom stereocenters. The topological polar surface area (TPSA) is 29.4 Å². The summed E-state index contributed by atoms with van der Waals surface area (Å²) in [7, 11) is 1.76. The minimum Gasteiger partial charge on any atom is -0.296 e. The van der Waals surface area contributed by atoms with Crippen molar-refractivity contribution in [1.82, 2.24) is 0 Å². The van der Waals surface area contributed by atoms with E-state index in [1.807, 2.05) is 46.1 Å². The Kier molecular flexibility index (Phi) is 8.77. The number of carbonyl (C=O) groups is 1. The maximum absolute atomic E-state index is 12.2. The van der Waals surface area contributed by atoms with Gasteiger partial charge in [0, 0.05) is 25.3 Å². The maximum Gasteiger partial charge on any atom is 0.162 e. The van der Waals surface area contributed by atoms with Crippen molar-refractivity contribution in [3.8, 4) is 0 Å². The Balaban J connectivity index is 5.50. The fourth-order valence-electron chi connectivity index (χ4n) is 1.84. The summed E-state index contributed by atoms with van der Waals surface area (Å²) in [5, 5.41) is 0. The molecule has 0 unspecified atom stereocenters. The summed E-state index contributed by atoms with van der Waals surface area (Å²) in [6.07, 6.45) is 8.26. The fraction of sp³-hybridized carbons (Fsp3) is 0.529. The van der Waals surface area contributed by atoms with Crippen molar-refractivity contribution in [2.75, 3.05) is 7.05 Å². The summed E-state index contributed by atoms with van der Waals surface area (Å²) >= 11 is 0. The third kappa shape index (κ3) is 5.82. The summed E-state index contributed by atoms with van der Waals surface area (Å²) in [6, 6.07) is 0. The van der Waals surface area contributed by atoms with Gasteiger partial charge >= 0.3 is 0 Å². The van der Waals surface area contributed by atoms with Gasteiger partial charge in [-0.25, -0.2) is 0 Å². The Morgan fingerprint density at radius 1 is 1.21 bits per heavy atom. The van der Waals surface area contributed by atoms with Gasteiger partial charge in [0.2, 0.25) is 0 Å². The SMILES string of the molecule is C\C=C(C=NC)/C(C)=C\C(C(=O)CCC)=C(\C)CC. The number of hydrogen-bond donors (Lipinski definition) is 0. The molecule has 0 aromatic heterocycles. The van der Waals surface area contributed by atoms with Crippen LogP contribution in [-0.4, -0.2) is 19.0 Å². The molecular formula is C17H27NO. The molecule has 0 heterocycles. The highest BCUT2D eigenvalue weighted by Gasteiger charge is 2.10. The molecule has 106 valence electrons. The van der Waals surface area contributed by atoms with E-state index in [9.17, 15) is 4.79 Å². The van der Waals surface area contributed by atoms with E-state index in [1.54, 1.807) is 7.05 Å². The second kappa shape index (κ2) is 9.48. The molecule has 0 bridgehead atoms. The molecule has 2 heteroatoms. The maximum atomic E-state index is 12.2. The largest absolute Gasteiger partial charge is 0.296 e. The van der Waals surface area contributed by atoms with E-state index < -0.39 is 0 Å². The minimum atomic E-state index is 0.241. The van der Waals surface area contributed by atoms with E-state index >= 15 is 0 Å². The van der Waals surface area contributed by atoms with Crippen molar-refractivity contribution in [1.29, 1.82) is 0 Å². The summed E-state index contributed by atoms with van der Waals surface area (Å²) in [4.78, 5) is 16.2. The summed E-state index contributed by atoms with van der Waals surface area (Å²) in [6.45, 7) is 10.2. The minimum absolute atomic E-state index is 0.241. The van der Waals surface area contributed by atoms with Crippen molar-refractivity contribution in [3.63, 3.8) is 0 Å². The Morgan fingerprint density at radius 2 is 1.84 bits per heavy atom. The van der Waals surface area contributed by atoms with Crippen LogP contribution in [0.3, 0.4) is 0 Å². The van der Waals surface area contributed by atoms with Crippen LogP contribution in [0.25, 0.3) is 0 Å². The van der Waals surface area contributed by atoms with Crippen molar-refractivity contribution < 1.29 is 4.79 Å². The van der Waals surface area contributed by atoms with Crippen LogP contribution in [0.4, 0.5) is 0 Å². The molecule has 0 aromatic rings. The number of nitrogens with zero attached hydrogens (tertiary/aromatic N) is 1. The van der Waals surface area contributed by atoms with Gasteiger partial charge in [-0.05, 0) is 50.8 Å². The summed E-state index contributed by atoms with van der Waals surface area (Å²) in [5.41, 5.74) is 4.17. The first-order valence-electron chi connectivity index (χ1n) is 7.01. The third-order valence-electron chi connectivity index (χ3n) is 3.16. The van der Waals surface area contributed by atoms with Crippen LogP contribution in [0.1, 0.15) is 53.9 Å². The van der Waals surface area contributed by atoms with Crippen molar-refractivity contribution in [2.24, 2.45) is 4.99 Å². The van der Waals surface area contributed by atoms with Gasteiger partial charge in [-0.15, -0.1) is 0 Å². The molecule has 0 aliphatic heterocycles. The molecule has 0 spiro atoms. The molecule has 0 N–H and O–H groups in total. The van der Waals surface area contributed by atoms with Crippen LogP contribution in [0.2, 0.25) is 0 Å². The standard InChI is InChI=1S/C17H27NO/c1-7-10-17(19)16(13(4)8-2)11-14(5)15(9-3)12-18-6/h9,11-12H,7-8,10H2,1-6H3/b14-11-,15-9-,16-13+,18-12?. The van der Waals surface area contributed by atoms with E-state index in [-0.39, 0.29) is 5.78 Å². The molecule has 0 saturated carbocycles. The van der Waals surface area contributed by atoms with Crippen LogP contribution < -0.4 is 0 Å². The highest BCUT2D eigenvalue weighted by Crippen LogP contribution is 2.18. The first-order chi connectivity index (χ1) is 9.01. The van der Waals surface area contributed by atoms with Crippen molar-refractivity contribution in [2.45, 2.75) is 53.9 Å². The molecule has 0 radical (unpaired) electrons. The lowest BCUT2D eigenvalue weighted by Crippen LogP contribution is -2.04. The van der Waals surface area contributed by atoms with Crippen LogP contribution in [0.5, 0.6) is 0 Å². The van der Waals surface area contributed by atoms with Gasteiger partial charge in [0.05, 0.1) is 0 Å². The van der Waals surface area contributed by atoms with Gasteiger partial charge < -0.3 is 0 Å². The van der Waals surface area contributed by atoms with Crippen molar-refractivity contribution >= 4 is 12.0 Å². The van der Waals surface area contributed by atoms with E-state index in [4.69, 9.17) is 0 Å². The number of rotatable bonds is 7. The lowest BCUT2D eigenvalue weighted by atomic mass is 9.96. The van der Waals surface area contributed by atoms with E-state index in [0.717, 1.165) is 35.1 Å². The van der Waals surface area contributed by atoms with E-state index in [0.29, 0.717) is 6.42 Å². The number of carbonyl (C=O) groups excluding carboxylic acids is 1. The highest BCUT2D eigenvalue weighted by molar-refractivity contribution is 5.99. The molecule has 0 saturated heterocycles. The van der Waals surface area contributed by atoms with E-state index in [1.165, 1.54) is 0 Å². The number of ketones is 1. The molecule has 0 aliphatic rings. The molecule has 0 aliphatic carbocycles. The van der Waals surface area contributed by atoms with Gasteiger partial charge in [0.15, 0.2) is 5.78 Å². The van der Waals surface area contributed by atoms with Gasteiger partial charge in [-0.1, -0.05) is 25.5 Å². The van der Waals surface area contributed by atoms with Gasteiger partial charge in [0.25, 0.3) is 0 Å². The normalized spacial score (nSPS) is 14.8. The second-order valence-electron chi connectivity index (χ2n) is 4.68. The number of aliphatic imine (C=N–C) groups is 1. The Hall–Kier alpha value is -1.44. The van der Waals surface area contributed by atoms with Crippen LogP contribution >= 0.6 is 0 Å². The zero-order valence-corrected chi connectivity index (χ0v) is 13.2. The average Bonchev–Trinajstić information content (AvgIpc) is 2.41. The first-order valence-corrected chi connectivity index (χ1v) is 7.01. The Bertz CT molecular complexity index is 423. The number of Topliss-reactive ketones (excluding diaryl/α,β-unsaturated/α-hetero) is 1. The Labute approximate surface area is 118 Å². The third-order valence-corrected chi connectivity index (χ3v) is 3.16. The molecule has 0 fully saturated rings. The zero-order valence-electron chi connectivity index (χ0n) is 13.2. The summed E-state index contributed by atoms with van der Waals surface area (Å²) < 4.78 is 0. The van der Waals surface area contributed by atoms with E-state index in [2.05, 4.69) is 11.9 Å². The molecule has 2 nitrogen and oxygen atoms in total. The Morgan fingerprint density at radius 3 is 2.26 bits per heavy atom. The van der Waals surface area contributed by atoms with Crippen molar-refractivity contribution in [3.05, 3.63) is 34.4 Å². The van der Waals surface area contributed by atoms with Gasteiger partial charge in [-0.2, -0.15) is 0 Å². The number of allylic oxidation sites excluding steroid dienone is 6. The fourth-order valence-corrected chi connectivity index (χ4v) is 1.84. The monoisotopic (exact) mass is 261 g/mol. The molecule has 0 amide bonds. The van der Waals surface area contributed by atoms with Crippen LogP contribution in [-0.2, 0) is 4.79 Å². The number of hydrogen-bond acceptors (Lipinski definition) is 2. The molecule has 0 aromatic carbocycles. The molecule has 0 rings (SSSR count). The van der Waals surface area contributed by atoms with Gasteiger partial charge in [0.1, 0.15) is 0 Å². The highest BCUT2D eigenvalue weighted by atomic mass is 16.1. The molecular weight excluding hydrogens is 234 g/mol. The average molecular weight is 261 g/mol. The predicted octanol–water partition coefficient (Wildman–Crippen LogP) is 4.68. The lowest BCUT2D eigenvalue weighted by Gasteiger charge is -2.08. The van der Waals surface area contributed by atoms with Crippen LogP contribution in [0.15, 0.2) is 39.4 Å². The summed E-state index contributed by atoms with van der Waals surface area (Å²) in [5.74, 6) is 0.241. The second-order valence-corrected chi connectivity index (χ2v) is 4.68. The van der Waals surface area contributed by atoms with Crippen LogP contribution in [0, 0.1) is 0 Å². The smallest absolute Gasteiger partial charge is 0.162 e.